The number of carbonyl (C=O) groups is 1. The third-order valence-electron chi connectivity index (χ3n) is 2.81. The minimum Gasteiger partial charge on any atom is -0.355 e. The number of rotatable bonds is 2. The van der Waals surface area contributed by atoms with Gasteiger partial charge in [-0.2, -0.15) is 0 Å². The van der Waals surface area contributed by atoms with E-state index in [1.54, 1.807) is 6.07 Å². The van der Waals surface area contributed by atoms with Gasteiger partial charge in [-0.1, -0.05) is 47.1 Å². The summed E-state index contributed by atoms with van der Waals surface area (Å²) in [5, 5.41) is 4.35. The van der Waals surface area contributed by atoms with Crippen molar-refractivity contribution in [1.29, 1.82) is 0 Å². The van der Waals surface area contributed by atoms with E-state index in [-0.39, 0.29) is 10.6 Å². The average molecular weight is 292 g/mol. The first-order valence-corrected chi connectivity index (χ1v) is 6.26. The van der Waals surface area contributed by atoms with Crippen molar-refractivity contribution in [1.82, 2.24) is 5.16 Å². The molecule has 0 unspecified atom stereocenters. The van der Waals surface area contributed by atoms with Crippen LogP contribution in [0, 0.1) is 0 Å². The second-order valence-electron chi connectivity index (χ2n) is 4.00. The van der Waals surface area contributed by atoms with E-state index in [2.05, 4.69) is 5.16 Å². The monoisotopic (exact) mass is 291 g/mol. The van der Waals surface area contributed by atoms with Crippen molar-refractivity contribution in [3.63, 3.8) is 0 Å². The smallest absolute Gasteiger partial charge is 0.253 e. The molecule has 1 heterocycles. The Labute approximate surface area is 118 Å². The lowest BCUT2D eigenvalue weighted by molar-refractivity contribution is 0.108. The summed E-state index contributed by atoms with van der Waals surface area (Å²) in [6.45, 7) is 0. The van der Waals surface area contributed by atoms with Gasteiger partial charge in [-0.05, 0) is 23.7 Å². The predicted molar refractivity (Wildman–Crippen MR) is 74.6 cm³/mol. The maximum Gasteiger partial charge on any atom is 0.253 e. The second kappa shape index (κ2) is 4.68. The van der Waals surface area contributed by atoms with Crippen molar-refractivity contribution < 1.29 is 9.32 Å². The van der Waals surface area contributed by atoms with Gasteiger partial charge in [0, 0.05) is 5.56 Å². The summed E-state index contributed by atoms with van der Waals surface area (Å²) < 4.78 is 5.33. The molecule has 3 rings (SSSR count). The maximum atomic E-state index is 11.2. The van der Waals surface area contributed by atoms with Gasteiger partial charge in [-0.15, -0.1) is 0 Å². The fourth-order valence-electron chi connectivity index (χ4n) is 1.91. The number of hydrogen-bond acceptors (Lipinski definition) is 3. The zero-order valence-corrected chi connectivity index (χ0v) is 11.1. The molecule has 0 fully saturated rings. The fourth-order valence-corrected chi connectivity index (χ4v) is 2.37. The summed E-state index contributed by atoms with van der Waals surface area (Å²) in [4.78, 5) is 11.2. The Balaban J connectivity index is 2.25. The molecular weight excluding hydrogens is 285 g/mol. The van der Waals surface area contributed by atoms with E-state index in [0.29, 0.717) is 11.3 Å². The number of benzene rings is 2. The van der Waals surface area contributed by atoms with Gasteiger partial charge in [-0.25, -0.2) is 0 Å². The molecule has 94 valence electrons. The zero-order chi connectivity index (χ0) is 13.4. The highest BCUT2D eigenvalue weighted by atomic mass is 35.5. The van der Waals surface area contributed by atoms with Crippen LogP contribution in [0.1, 0.15) is 10.4 Å². The van der Waals surface area contributed by atoms with Crippen molar-refractivity contribution in [3.8, 4) is 11.3 Å². The average Bonchev–Trinajstić information content (AvgIpc) is 2.81. The van der Waals surface area contributed by atoms with Crippen LogP contribution in [-0.2, 0) is 0 Å². The molecule has 0 atom stereocenters. The quantitative estimate of drug-likeness (QED) is 0.652. The summed E-state index contributed by atoms with van der Waals surface area (Å²) in [6.07, 6.45) is 0. The van der Waals surface area contributed by atoms with E-state index >= 15 is 0 Å². The fraction of sp³-hybridized carbons (Fsp3) is 0. The first-order chi connectivity index (χ1) is 9.16. The largest absolute Gasteiger partial charge is 0.355 e. The Morgan fingerprint density at radius 1 is 1.16 bits per heavy atom. The molecule has 19 heavy (non-hydrogen) atoms. The molecule has 0 saturated heterocycles. The molecule has 0 amide bonds. The molecule has 3 nitrogen and oxygen atoms in total. The molecule has 0 aliphatic heterocycles. The van der Waals surface area contributed by atoms with Gasteiger partial charge in [0.15, 0.2) is 5.76 Å². The number of nitrogens with zero attached hydrogens (tertiary/aromatic N) is 1. The number of halogens is 2. The Hall–Kier alpha value is -1.84. The molecule has 0 spiro atoms. The molecule has 0 aliphatic rings. The normalized spacial score (nSPS) is 10.8. The van der Waals surface area contributed by atoms with E-state index in [1.807, 2.05) is 30.3 Å². The molecule has 3 aromatic rings. The molecule has 0 N–H and O–H groups in total. The van der Waals surface area contributed by atoms with Gasteiger partial charge in [0.1, 0.15) is 5.52 Å². The Kier molecular flexibility index (Phi) is 3.01. The highest BCUT2D eigenvalue weighted by Crippen LogP contribution is 2.32. The predicted octanol–water partition coefficient (Wildman–Crippen LogP) is 4.53. The van der Waals surface area contributed by atoms with Gasteiger partial charge in [0.2, 0.25) is 0 Å². The van der Waals surface area contributed by atoms with E-state index in [4.69, 9.17) is 27.7 Å². The van der Waals surface area contributed by atoms with Crippen LogP contribution in [0.15, 0.2) is 47.0 Å². The standard InChI is InChI=1S/C14H7Cl2NO2/c15-11-6-10-12(7-9(11)14(16)18)17-19-13(10)8-4-2-1-3-5-8/h1-7H. The molecule has 0 saturated carbocycles. The van der Waals surface area contributed by atoms with Crippen molar-refractivity contribution in [2.75, 3.05) is 0 Å². The second-order valence-corrected chi connectivity index (χ2v) is 4.75. The minimum absolute atomic E-state index is 0.226. The van der Waals surface area contributed by atoms with E-state index in [9.17, 15) is 4.79 Å². The molecular formula is C14H7Cl2NO2. The van der Waals surface area contributed by atoms with Crippen molar-refractivity contribution in [2.45, 2.75) is 0 Å². The molecule has 0 bridgehead atoms. The van der Waals surface area contributed by atoms with Gasteiger partial charge in [-0.3, -0.25) is 4.79 Å². The molecule has 0 radical (unpaired) electrons. The van der Waals surface area contributed by atoms with Crippen LogP contribution in [0.5, 0.6) is 0 Å². The number of aromatic nitrogens is 1. The number of fused-ring (bicyclic) bond motifs is 1. The van der Waals surface area contributed by atoms with Crippen molar-refractivity contribution in [3.05, 3.63) is 53.1 Å². The topological polar surface area (TPSA) is 43.1 Å². The number of hydrogen-bond donors (Lipinski definition) is 0. The third kappa shape index (κ3) is 2.11. The zero-order valence-electron chi connectivity index (χ0n) is 9.56. The Morgan fingerprint density at radius 2 is 1.89 bits per heavy atom. The lowest BCUT2D eigenvalue weighted by Crippen LogP contribution is -1.90. The lowest BCUT2D eigenvalue weighted by atomic mass is 10.1. The first-order valence-electron chi connectivity index (χ1n) is 5.51. The number of carbonyl (C=O) groups excluding carboxylic acids is 1. The first kappa shape index (κ1) is 12.2. The van der Waals surface area contributed by atoms with Crippen LogP contribution in [0.25, 0.3) is 22.2 Å². The maximum absolute atomic E-state index is 11.2. The Bertz CT molecular complexity index is 766. The van der Waals surface area contributed by atoms with Crippen LogP contribution < -0.4 is 0 Å². The van der Waals surface area contributed by atoms with Gasteiger partial charge in [0.05, 0.1) is 16.0 Å². The Morgan fingerprint density at radius 3 is 2.58 bits per heavy atom. The SMILES string of the molecule is O=C(Cl)c1cc2noc(-c3ccccc3)c2cc1Cl. The van der Waals surface area contributed by atoms with E-state index in [0.717, 1.165) is 10.9 Å². The van der Waals surface area contributed by atoms with E-state index < -0.39 is 5.24 Å². The lowest BCUT2D eigenvalue weighted by Gasteiger charge is -1.99. The van der Waals surface area contributed by atoms with Crippen molar-refractivity contribution in [2.24, 2.45) is 0 Å². The highest BCUT2D eigenvalue weighted by molar-refractivity contribution is 6.68. The van der Waals surface area contributed by atoms with Crippen LogP contribution in [-0.4, -0.2) is 10.4 Å². The van der Waals surface area contributed by atoms with Crippen molar-refractivity contribution >= 4 is 39.3 Å². The van der Waals surface area contributed by atoms with Gasteiger partial charge < -0.3 is 4.52 Å². The summed E-state index contributed by atoms with van der Waals surface area (Å²) in [6, 6.07) is 12.7. The summed E-state index contributed by atoms with van der Waals surface area (Å²) in [5.74, 6) is 0.617. The summed E-state index contributed by atoms with van der Waals surface area (Å²) in [5.41, 5.74) is 1.67. The van der Waals surface area contributed by atoms with Gasteiger partial charge >= 0.3 is 0 Å². The highest BCUT2D eigenvalue weighted by Gasteiger charge is 2.16. The molecule has 5 heteroatoms. The van der Waals surface area contributed by atoms with Gasteiger partial charge in [0.25, 0.3) is 5.24 Å². The van der Waals surface area contributed by atoms with E-state index in [1.165, 1.54) is 6.07 Å². The molecule has 2 aromatic carbocycles. The van der Waals surface area contributed by atoms with Crippen LogP contribution in [0.3, 0.4) is 0 Å². The summed E-state index contributed by atoms with van der Waals surface area (Å²) >= 11 is 11.5. The summed E-state index contributed by atoms with van der Waals surface area (Å²) in [7, 11) is 0. The molecule has 0 aliphatic carbocycles. The van der Waals surface area contributed by atoms with Crippen LogP contribution >= 0.6 is 23.2 Å². The third-order valence-corrected chi connectivity index (χ3v) is 3.33. The molecule has 1 aromatic heterocycles. The van der Waals surface area contributed by atoms with Crippen LogP contribution in [0.2, 0.25) is 5.02 Å². The van der Waals surface area contributed by atoms with Crippen LogP contribution in [0.4, 0.5) is 0 Å². The minimum atomic E-state index is -0.615.